The maximum absolute atomic E-state index is 11.2. The lowest BCUT2D eigenvalue weighted by molar-refractivity contribution is -0.144. The van der Waals surface area contributed by atoms with Crippen LogP contribution >= 0.6 is 0 Å². The lowest BCUT2D eigenvalue weighted by atomic mass is 10.1. The number of rotatable bonds is 3. The van der Waals surface area contributed by atoms with Gasteiger partial charge in [-0.1, -0.05) is 6.42 Å². The first-order valence-corrected chi connectivity index (χ1v) is 5.24. The Morgan fingerprint density at radius 3 is 2.73 bits per heavy atom. The zero-order valence-electron chi connectivity index (χ0n) is 8.52. The maximum Gasteiger partial charge on any atom is 0.327 e. The minimum atomic E-state index is -0.804. The van der Waals surface area contributed by atoms with Crippen LogP contribution in [-0.2, 0) is 4.79 Å². The smallest absolute Gasteiger partial charge is 0.327 e. The van der Waals surface area contributed by atoms with E-state index in [9.17, 15) is 9.90 Å². The molecule has 0 aromatic carbocycles. The molecule has 0 radical (unpaired) electrons. The van der Waals surface area contributed by atoms with Gasteiger partial charge in [0.2, 0.25) is 0 Å². The molecule has 2 N–H and O–H groups in total. The third-order valence-corrected chi connectivity index (χ3v) is 2.80. The molecule has 0 spiro atoms. The summed E-state index contributed by atoms with van der Waals surface area (Å²) in [6, 6.07) is -0.562. The average molecular weight is 209 g/mol. The Hall–Kier alpha value is -1.36. The Bertz CT molecular complexity index is 317. The molecule has 5 heteroatoms. The number of hydrogen-bond donors (Lipinski definition) is 2. The van der Waals surface area contributed by atoms with Crippen molar-refractivity contribution in [3.8, 4) is 0 Å². The van der Waals surface area contributed by atoms with E-state index in [1.807, 2.05) is 4.90 Å². The number of nitrogens with one attached hydrogen (secondary N) is 1. The first-order chi connectivity index (χ1) is 7.29. The number of hydrogen-bond acceptors (Lipinski definition) is 3. The first kappa shape index (κ1) is 10.2. The SMILES string of the molecule is O=C(O)C(c1cnc[nH]1)N1CCCCC1. The average Bonchev–Trinajstić information content (AvgIpc) is 2.72. The second-order valence-corrected chi connectivity index (χ2v) is 3.84. The molecular weight excluding hydrogens is 194 g/mol. The van der Waals surface area contributed by atoms with Crippen molar-refractivity contribution < 1.29 is 9.90 Å². The van der Waals surface area contributed by atoms with Crippen LogP contribution in [0, 0.1) is 0 Å². The molecule has 0 saturated carbocycles. The van der Waals surface area contributed by atoms with Gasteiger partial charge in [0.05, 0.1) is 18.2 Å². The molecule has 5 nitrogen and oxygen atoms in total. The van der Waals surface area contributed by atoms with E-state index in [4.69, 9.17) is 0 Å². The van der Waals surface area contributed by atoms with E-state index in [2.05, 4.69) is 9.97 Å². The molecule has 2 heterocycles. The number of piperidine rings is 1. The van der Waals surface area contributed by atoms with Gasteiger partial charge < -0.3 is 10.1 Å². The predicted molar refractivity (Wildman–Crippen MR) is 54.4 cm³/mol. The first-order valence-electron chi connectivity index (χ1n) is 5.24. The van der Waals surface area contributed by atoms with E-state index in [1.54, 1.807) is 6.20 Å². The molecule has 1 saturated heterocycles. The standard InChI is InChI=1S/C10H15N3O2/c14-10(15)9(8-6-11-7-12-8)13-4-2-1-3-5-13/h6-7,9H,1-5H2,(H,11,12)(H,14,15). The van der Waals surface area contributed by atoms with Crippen LogP contribution in [0.1, 0.15) is 31.0 Å². The van der Waals surface area contributed by atoms with E-state index in [0.717, 1.165) is 25.9 Å². The van der Waals surface area contributed by atoms with Gasteiger partial charge in [-0.3, -0.25) is 9.69 Å². The van der Waals surface area contributed by atoms with E-state index < -0.39 is 12.0 Å². The summed E-state index contributed by atoms with van der Waals surface area (Å²) in [6.45, 7) is 1.71. The molecule has 0 aliphatic carbocycles. The Morgan fingerprint density at radius 1 is 1.47 bits per heavy atom. The van der Waals surface area contributed by atoms with Gasteiger partial charge >= 0.3 is 5.97 Å². The highest BCUT2D eigenvalue weighted by molar-refractivity contribution is 5.74. The summed E-state index contributed by atoms with van der Waals surface area (Å²) in [7, 11) is 0. The number of aromatic amines is 1. The quantitative estimate of drug-likeness (QED) is 0.779. The fourth-order valence-corrected chi connectivity index (χ4v) is 2.08. The van der Waals surface area contributed by atoms with Gasteiger partial charge in [-0.2, -0.15) is 0 Å². The zero-order valence-corrected chi connectivity index (χ0v) is 8.52. The Kier molecular flexibility index (Phi) is 3.01. The summed E-state index contributed by atoms with van der Waals surface area (Å²) in [5.74, 6) is -0.804. The monoisotopic (exact) mass is 209 g/mol. The van der Waals surface area contributed by atoms with Gasteiger partial charge in [0, 0.05) is 0 Å². The Morgan fingerprint density at radius 2 is 2.20 bits per heavy atom. The van der Waals surface area contributed by atoms with Gasteiger partial charge in [0.25, 0.3) is 0 Å². The predicted octanol–water partition coefficient (Wildman–Crippen LogP) is 1.02. The Balaban J connectivity index is 2.15. The fraction of sp³-hybridized carbons (Fsp3) is 0.600. The van der Waals surface area contributed by atoms with Crippen LogP contribution in [0.5, 0.6) is 0 Å². The largest absolute Gasteiger partial charge is 0.480 e. The van der Waals surface area contributed by atoms with Crippen molar-refractivity contribution in [3.63, 3.8) is 0 Å². The van der Waals surface area contributed by atoms with Gasteiger partial charge in [-0.05, 0) is 25.9 Å². The summed E-state index contributed by atoms with van der Waals surface area (Å²) in [5.41, 5.74) is 0.671. The van der Waals surface area contributed by atoms with Crippen LogP contribution < -0.4 is 0 Å². The molecule has 1 atom stereocenters. The molecule has 0 amide bonds. The molecule has 1 aliphatic heterocycles. The molecule has 1 aliphatic rings. The summed E-state index contributed by atoms with van der Waals surface area (Å²) in [4.78, 5) is 20.0. The van der Waals surface area contributed by atoms with Gasteiger partial charge in [0.1, 0.15) is 0 Å². The van der Waals surface area contributed by atoms with Crippen LogP contribution in [0.4, 0.5) is 0 Å². The maximum atomic E-state index is 11.2. The normalized spacial score (nSPS) is 20.0. The number of imidazole rings is 1. The van der Waals surface area contributed by atoms with Crippen molar-refractivity contribution >= 4 is 5.97 Å². The number of aliphatic carboxylic acids is 1. The van der Waals surface area contributed by atoms with Crippen molar-refractivity contribution in [2.45, 2.75) is 25.3 Å². The third-order valence-electron chi connectivity index (χ3n) is 2.80. The summed E-state index contributed by atoms with van der Waals surface area (Å²) in [5, 5.41) is 9.21. The van der Waals surface area contributed by atoms with Crippen LogP contribution in [0.2, 0.25) is 0 Å². The molecule has 1 fully saturated rings. The minimum absolute atomic E-state index is 0.562. The number of carbonyl (C=O) groups is 1. The minimum Gasteiger partial charge on any atom is -0.480 e. The van der Waals surface area contributed by atoms with Crippen molar-refractivity contribution in [3.05, 3.63) is 18.2 Å². The van der Waals surface area contributed by atoms with Crippen LogP contribution in [0.3, 0.4) is 0 Å². The van der Waals surface area contributed by atoms with Gasteiger partial charge in [-0.15, -0.1) is 0 Å². The molecule has 82 valence electrons. The molecular formula is C10H15N3O2. The van der Waals surface area contributed by atoms with Crippen molar-refractivity contribution in [2.24, 2.45) is 0 Å². The topological polar surface area (TPSA) is 69.2 Å². The summed E-state index contributed by atoms with van der Waals surface area (Å²) < 4.78 is 0. The molecule has 0 bridgehead atoms. The van der Waals surface area contributed by atoms with Crippen LogP contribution in [-0.4, -0.2) is 39.0 Å². The van der Waals surface area contributed by atoms with Gasteiger partial charge in [0.15, 0.2) is 6.04 Å². The molecule has 1 aromatic rings. The number of likely N-dealkylation sites (tertiary alicyclic amines) is 1. The number of H-pyrrole nitrogens is 1. The van der Waals surface area contributed by atoms with Crippen molar-refractivity contribution in [2.75, 3.05) is 13.1 Å². The lowest BCUT2D eigenvalue weighted by Gasteiger charge is -2.31. The fourth-order valence-electron chi connectivity index (χ4n) is 2.08. The van der Waals surface area contributed by atoms with Crippen LogP contribution in [0.15, 0.2) is 12.5 Å². The van der Waals surface area contributed by atoms with Crippen LogP contribution in [0.25, 0.3) is 0 Å². The van der Waals surface area contributed by atoms with E-state index in [-0.39, 0.29) is 0 Å². The molecule has 2 rings (SSSR count). The summed E-state index contributed by atoms with van der Waals surface area (Å²) >= 11 is 0. The summed E-state index contributed by atoms with van der Waals surface area (Å²) in [6.07, 6.45) is 6.48. The van der Waals surface area contributed by atoms with E-state index >= 15 is 0 Å². The highest BCUT2D eigenvalue weighted by Gasteiger charge is 2.29. The van der Waals surface area contributed by atoms with E-state index in [0.29, 0.717) is 5.69 Å². The molecule has 15 heavy (non-hydrogen) atoms. The van der Waals surface area contributed by atoms with Gasteiger partial charge in [-0.25, -0.2) is 4.98 Å². The second kappa shape index (κ2) is 4.44. The molecule has 1 unspecified atom stereocenters. The number of carboxylic acids is 1. The lowest BCUT2D eigenvalue weighted by Crippen LogP contribution is -2.38. The Labute approximate surface area is 88.1 Å². The second-order valence-electron chi connectivity index (χ2n) is 3.84. The highest BCUT2D eigenvalue weighted by Crippen LogP contribution is 2.22. The molecule has 1 aromatic heterocycles. The van der Waals surface area contributed by atoms with Crippen molar-refractivity contribution in [1.29, 1.82) is 0 Å². The number of aromatic nitrogens is 2. The van der Waals surface area contributed by atoms with E-state index in [1.165, 1.54) is 12.7 Å². The highest BCUT2D eigenvalue weighted by atomic mass is 16.4. The number of carboxylic acid groups (broad SMARTS) is 1. The third kappa shape index (κ3) is 2.18. The van der Waals surface area contributed by atoms with Crippen molar-refractivity contribution in [1.82, 2.24) is 14.9 Å². The zero-order chi connectivity index (χ0) is 10.7. The number of nitrogens with zero attached hydrogens (tertiary/aromatic N) is 2.